The zero-order valence-electron chi connectivity index (χ0n) is 16.6. The fourth-order valence-electron chi connectivity index (χ4n) is 3.83. The Bertz CT molecular complexity index is 1280. The predicted molar refractivity (Wildman–Crippen MR) is 113 cm³/mol. The van der Waals surface area contributed by atoms with Crippen LogP contribution in [0.5, 0.6) is 5.75 Å². The number of benzene rings is 1. The lowest BCUT2D eigenvalue weighted by molar-refractivity contribution is 0.386. The highest BCUT2D eigenvalue weighted by Gasteiger charge is 2.23. The number of nitrogens with zero attached hydrogens (tertiary/aromatic N) is 4. The van der Waals surface area contributed by atoms with Gasteiger partial charge in [0.1, 0.15) is 11.2 Å². The number of piperidine rings is 1. The van der Waals surface area contributed by atoms with E-state index in [1.54, 1.807) is 22.8 Å². The minimum Gasteiger partial charge on any atom is -0.494 e. The van der Waals surface area contributed by atoms with Crippen molar-refractivity contribution in [2.45, 2.75) is 18.8 Å². The molecule has 0 saturated carbocycles. The van der Waals surface area contributed by atoms with Crippen molar-refractivity contribution in [3.8, 4) is 28.6 Å². The topological polar surface area (TPSA) is 110 Å². The molecule has 1 saturated heterocycles. The molecule has 1 aliphatic heterocycles. The Labute approximate surface area is 182 Å². The number of rotatable bonds is 4. The molecule has 2 N–H and O–H groups in total. The molecule has 9 nitrogen and oxygen atoms in total. The number of aromatic amines is 1. The van der Waals surface area contributed by atoms with Crippen molar-refractivity contribution < 1.29 is 13.7 Å². The average Bonchev–Trinajstić information content (AvgIpc) is 3.41. The Hall–Kier alpha value is -3.24. The highest BCUT2D eigenvalue weighted by molar-refractivity contribution is 5.85. The van der Waals surface area contributed by atoms with E-state index in [9.17, 15) is 9.18 Å². The molecular weight excluding hydrogens is 427 g/mol. The van der Waals surface area contributed by atoms with Gasteiger partial charge in [0.15, 0.2) is 11.6 Å². The van der Waals surface area contributed by atoms with Gasteiger partial charge in [0.2, 0.25) is 5.82 Å². The molecule has 0 amide bonds. The molecule has 4 aromatic rings. The maximum absolute atomic E-state index is 14.0. The average molecular weight is 447 g/mol. The number of methoxy groups -OCH3 is 1. The van der Waals surface area contributed by atoms with Crippen LogP contribution in [0.25, 0.3) is 28.5 Å². The summed E-state index contributed by atoms with van der Waals surface area (Å²) in [6.45, 7) is 1.80. The van der Waals surface area contributed by atoms with Crippen LogP contribution in [-0.4, -0.2) is 44.9 Å². The van der Waals surface area contributed by atoms with Crippen molar-refractivity contribution in [1.82, 2.24) is 30.1 Å². The third-order valence-corrected chi connectivity index (χ3v) is 5.36. The largest absolute Gasteiger partial charge is 0.494 e. The van der Waals surface area contributed by atoms with Gasteiger partial charge in [-0.3, -0.25) is 4.79 Å². The Balaban J connectivity index is 0.00000231. The molecule has 0 spiro atoms. The maximum Gasteiger partial charge on any atom is 0.263 e. The van der Waals surface area contributed by atoms with E-state index in [1.165, 1.54) is 19.2 Å². The number of halogens is 2. The van der Waals surface area contributed by atoms with Gasteiger partial charge >= 0.3 is 0 Å². The minimum atomic E-state index is -0.520. The van der Waals surface area contributed by atoms with Crippen LogP contribution in [-0.2, 0) is 0 Å². The van der Waals surface area contributed by atoms with Gasteiger partial charge in [0.05, 0.1) is 19.0 Å². The summed E-state index contributed by atoms with van der Waals surface area (Å²) in [6.07, 6.45) is 3.45. The zero-order valence-corrected chi connectivity index (χ0v) is 17.4. The molecule has 0 bridgehead atoms. The summed E-state index contributed by atoms with van der Waals surface area (Å²) in [7, 11) is 1.40. The first-order valence-electron chi connectivity index (χ1n) is 9.63. The van der Waals surface area contributed by atoms with Crippen molar-refractivity contribution >= 4 is 18.1 Å². The summed E-state index contributed by atoms with van der Waals surface area (Å²) in [5.74, 6) is 0.266. The molecule has 11 heteroatoms. The number of H-pyrrole nitrogens is 1. The van der Waals surface area contributed by atoms with E-state index in [1.807, 2.05) is 0 Å². The third kappa shape index (κ3) is 3.79. The first-order chi connectivity index (χ1) is 14.6. The summed E-state index contributed by atoms with van der Waals surface area (Å²) in [5.41, 5.74) is 2.10. The number of aromatic nitrogens is 5. The molecule has 5 rings (SSSR count). The van der Waals surface area contributed by atoms with Gasteiger partial charge in [-0.15, -0.1) is 12.4 Å². The molecule has 4 heterocycles. The lowest BCUT2D eigenvalue weighted by atomic mass is 9.94. The second-order valence-corrected chi connectivity index (χ2v) is 7.17. The quantitative estimate of drug-likeness (QED) is 0.496. The van der Waals surface area contributed by atoms with Crippen LogP contribution in [0, 0.1) is 5.82 Å². The van der Waals surface area contributed by atoms with Gasteiger partial charge in [0, 0.05) is 17.5 Å². The number of hydrogen-bond acceptors (Lipinski definition) is 7. The summed E-state index contributed by atoms with van der Waals surface area (Å²) in [6, 6.07) is 6.02. The van der Waals surface area contributed by atoms with E-state index in [0.717, 1.165) is 31.6 Å². The number of hydrogen-bond donors (Lipinski definition) is 2. The SMILES string of the molecule is COc1ccc(-c2noc(-c3cnn4c(C5CCNCC5)cc(=O)[nH]c34)n2)cc1F.Cl. The summed E-state index contributed by atoms with van der Waals surface area (Å²) in [5, 5.41) is 11.7. The molecule has 0 aliphatic carbocycles. The summed E-state index contributed by atoms with van der Waals surface area (Å²) in [4.78, 5) is 19.5. The normalized spacial score (nSPS) is 14.5. The van der Waals surface area contributed by atoms with Crippen molar-refractivity contribution in [3.05, 3.63) is 52.3 Å². The Morgan fingerprint density at radius 3 is 2.81 bits per heavy atom. The van der Waals surface area contributed by atoms with E-state index >= 15 is 0 Å². The van der Waals surface area contributed by atoms with E-state index in [4.69, 9.17) is 9.26 Å². The second kappa shape index (κ2) is 8.48. The number of fused-ring (bicyclic) bond motifs is 1. The van der Waals surface area contributed by atoms with E-state index in [2.05, 4.69) is 25.5 Å². The Kier molecular flexibility index (Phi) is 5.75. The maximum atomic E-state index is 14.0. The minimum absolute atomic E-state index is 0. The fourth-order valence-corrected chi connectivity index (χ4v) is 3.83. The van der Waals surface area contributed by atoms with Crippen LogP contribution in [0.3, 0.4) is 0 Å². The van der Waals surface area contributed by atoms with Crippen molar-refractivity contribution in [2.24, 2.45) is 0 Å². The highest BCUT2D eigenvalue weighted by atomic mass is 35.5. The lowest BCUT2D eigenvalue weighted by Crippen LogP contribution is -2.28. The number of nitrogens with one attached hydrogen (secondary N) is 2. The highest BCUT2D eigenvalue weighted by Crippen LogP contribution is 2.29. The summed E-state index contributed by atoms with van der Waals surface area (Å²) >= 11 is 0. The van der Waals surface area contributed by atoms with Gasteiger partial charge in [-0.2, -0.15) is 10.1 Å². The van der Waals surface area contributed by atoms with Crippen LogP contribution in [0.2, 0.25) is 0 Å². The van der Waals surface area contributed by atoms with Crippen molar-refractivity contribution in [2.75, 3.05) is 20.2 Å². The predicted octanol–water partition coefficient (Wildman–Crippen LogP) is 2.78. The summed E-state index contributed by atoms with van der Waals surface area (Å²) < 4.78 is 26.1. The zero-order chi connectivity index (χ0) is 20.7. The van der Waals surface area contributed by atoms with Crippen molar-refractivity contribution in [3.63, 3.8) is 0 Å². The van der Waals surface area contributed by atoms with Crippen LogP contribution in [0.4, 0.5) is 4.39 Å². The van der Waals surface area contributed by atoms with Crippen LogP contribution >= 0.6 is 12.4 Å². The lowest BCUT2D eigenvalue weighted by Gasteiger charge is -2.23. The van der Waals surface area contributed by atoms with Crippen LogP contribution in [0.1, 0.15) is 24.5 Å². The Morgan fingerprint density at radius 2 is 2.06 bits per heavy atom. The van der Waals surface area contributed by atoms with Gasteiger partial charge < -0.3 is 19.6 Å². The van der Waals surface area contributed by atoms with Crippen LogP contribution < -0.4 is 15.6 Å². The first-order valence-corrected chi connectivity index (χ1v) is 9.63. The molecule has 0 unspecified atom stereocenters. The second-order valence-electron chi connectivity index (χ2n) is 7.17. The molecule has 162 valence electrons. The monoisotopic (exact) mass is 446 g/mol. The van der Waals surface area contributed by atoms with E-state index in [0.29, 0.717) is 16.8 Å². The van der Waals surface area contributed by atoms with Gasteiger partial charge in [-0.25, -0.2) is 8.91 Å². The van der Waals surface area contributed by atoms with E-state index < -0.39 is 5.82 Å². The molecule has 1 aliphatic rings. The Morgan fingerprint density at radius 1 is 1.26 bits per heavy atom. The number of ether oxygens (including phenoxy) is 1. The molecule has 31 heavy (non-hydrogen) atoms. The standard InChI is InChI=1S/C20H19FN6O3.ClH/c1-29-16-3-2-12(8-14(16)21)18-25-20(30-26-18)13-10-23-27-15(9-17(28)24-19(13)27)11-4-6-22-7-5-11;/h2-3,8-11,22H,4-7H2,1H3,(H,24,28);1H. The van der Waals surface area contributed by atoms with Gasteiger partial charge in [0.25, 0.3) is 11.4 Å². The van der Waals surface area contributed by atoms with Gasteiger partial charge in [-0.1, -0.05) is 5.16 Å². The molecule has 1 fully saturated rings. The first kappa shape index (κ1) is 21.0. The van der Waals surface area contributed by atoms with Crippen molar-refractivity contribution in [1.29, 1.82) is 0 Å². The molecule has 0 atom stereocenters. The third-order valence-electron chi connectivity index (χ3n) is 5.36. The van der Waals surface area contributed by atoms with Gasteiger partial charge in [-0.05, 0) is 44.1 Å². The van der Waals surface area contributed by atoms with Crippen LogP contribution in [0.15, 0.2) is 39.8 Å². The fraction of sp³-hybridized carbons (Fsp3) is 0.300. The molecule has 1 aromatic carbocycles. The molecular formula is C20H20ClFN6O3. The molecule has 3 aromatic heterocycles. The smallest absolute Gasteiger partial charge is 0.263 e. The van der Waals surface area contributed by atoms with E-state index in [-0.39, 0.29) is 41.3 Å². The molecule has 0 radical (unpaired) electrons.